The van der Waals surface area contributed by atoms with Gasteiger partial charge in [-0.1, -0.05) is 6.07 Å². The minimum absolute atomic E-state index is 0.229. The Morgan fingerprint density at radius 2 is 1.59 bits per heavy atom. The van der Waals surface area contributed by atoms with Crippen LogP contribution in [0.25, 0.3) is 0 Å². The fourth-order valence-electron chi connectivity index (χ4n) is 2.81. The SMILES string of the molecule is CCOc1ccc(Nc2ccc(C(=O)Nc3cc(C)cc(C)c3)nc2)cc1. The van der Waals surface area contributed by atoms with Crippen molar-refractivity contribution >= 4 is 23.0 Å². The summed E-state index contributed by atoms with van der Waals surface area (Å²) in [6, 6.07) is 17.2. The number of nitrogens with one attached hydrogen (secondary N) is 2. The molecule has 1 aromatic heterocycles. The quantitative estimate of drug-likeness (QED) is 0.642. The fourth-order valence-corrected chi connectivity index (χ4v) is 2.81. The lowest BCUT2D eigenvalue weighted by Crippen LogP contribution is -2.13. The second-order valence-electron chi connectivity index (χ2n) is 6.35. The molecule has 0 radical (unpaired) electrons. The van der Waals surface area contributed by atoms with Gasteiger partial charge in [0.25, 0.3) is 5.91 Å². The van der Waals surface area contributed by atoms with E-state index in [-0.39, 0.29) is 5.91 Å². The maximum atomic E-state index is 12.4. The van der Waals surface area contributed by atoms with E-state index in [9.17, 15) is 4.79 Å². The normalized spacial score (nSPS) is 10.3. The van der Waals surface area contributed by atoms with Gasteiger partial charge in [-0.25, -0.2) is 4.98 Å². The molecule has 3 aromatic rings. The zero-order valence-corrected chi connectivity index (χ0v) is 15.7. The molecule has 1 heterocycles. The summed E-state index contributed by atoms with van der Waals surface area (Å²) < 4.78 is 5.43. The lowest BCUT2D eigenvalue weighted by molar-refractivity contribution is 0.102. The topological polar surface area (TPSA) is 63.2 Å². The molecule has 138 valence electrons. The Bertz CT molecular complexity index is 899. The van der Waals surface area contributed by atoms with Gasteiger partial charge in [-0.2, -0.15) is 0 Å². The van der Waals surface area contributed by atoms with Crippen LogP contribution in [0, 0.1) is 13.8 Å². The van der Waals surface area contributed by atoms with Crippen molar-refractivity contribution in [2.75, 3.05) is 17.2 Å². The Balaban J connectivity index is 1.64. The highest BCUT2D eigenvalue weighted by atomic mass is 16.5. The summed E-state index contributed by atoms with van der Waals surface area (Å²) in [7, 11) is 0. The average Bonchev–Trinajstić information content (AvgIpc) is 2.63. The van der Waals surface area contributed by atoms with Crippen LogP contribution in [0.1, 0.15) is 28.5 Å². The number of nitrogens with zero attached hydrogens (tertiary/aromatic N) is 1. The predicted molar refractivity (Wildman–Crippen MR) is 109 cm³/mol. The van der Waals surface area contributed by atoms with E-state index >= 15 is 0 Å². The first-order valence-corrected chi connectivity index (χ1v) is 8.89. The zero-order valence-electron chi connectivity index (χ0n) is 15.7. The van der Waals surface area contributed by atoms with Crippen LogP contribution in [-0.4, -0.2) is 17.5 Å². The van der Waals surface area contributed by atoms with Crippen molar-refractivity contribution in [3.63, 3.8) is 0 Å². The third-order valence-corrected chi connectivity index (χ3v) is 3.93. The molecule has 2 aromatic carbocycles. The van der Waals surface area contributed by atoms with Gasteiger partial charge in [-0.05, 0) is 80.4 Å². The van der Waals surface area contributed by atoms with Crippen LogP contribution in [0.15, 0.2) is 60.8 Å². The van der Waals surface area contributed by atoms with Crippen molar-refractivity contribution in [1.82, 2.24) is 4.98 Å². The molecule has 0 fully saturated rings. The molecule has 0 unspecified atom stereocenters. The van der Waals surface area contributed by atoms with Gasteiger partial charge in [0.2, 0.25) is 0 Å². The van der Waals surface area contributed by atoms with E-state index in [1.165, 1.54) is 0 Å². The number of rotatable bonds is 6. The first-order valence-electron chi connectivity index (χ1n) is 8.89. The Hall–Kier alpha value is -3.34. The highest BCUT2D eigenvalue weighted by Crippen LogP contribution is 2.20. The summed E-state index contributed by atoms with van der Waals surface area (Å²) in [6.07, 6.45) is 1.65. The van der Waals surface area contributed by atoms with Crippen LogP contribution < -0.4 is 15.4 Å². The van der Waals surface area contributed by atoms with E-state index in [4.69, 9.17) is 4.74 Å². The first-order chi connectivity index (χ1) is 13.0. The number of hydrogen-bond acceptors (Lipinski definition) is 4. The summed E-state index contributed by atoms with van der Waals surface area (Å²) in [5.74, 6) is 0.604. The Morgan fingerprint density at radius 1 is 0.926 bits per heavy atom. The second kappa shape index (κ2) is 8.36. The maximum absolute atomic E-state index is 12.4. The van der Waals surface area contributed by atoms with Crippen LogP contribution in [0.3, 0.4) is 0 Å². The molecule has 0 aliphatic carbocycles. The monoisotopic (exact) mass is 361 g/mol. The molecule has 5 nitrogen and oxygen atoms in total. The second-order valence-corrected chi connectivity index (χ2v) is 6.35. The molecule has 27 heavy (non-hydrogen) atoms. The van der Waals surface area contributed by atoms with Crippen LogP contribution in [0.4, 0.5) is 17.1 Å². The molecule has 0 atom stereocenters. The van der Waals surface area contributed by atoms with Crippen molar-refractivity contribution in [3.05, 3.63) is 77.6 Å². The lowest BCUT2D eigenvalue weighted by Gasteiger charge is -2.09. The minimum atomic E-state index is -0.229. The first kappa shape index (κ1) is 18.5. The van der Waals surface area contributed by atoms with Crippen molar-refractivity contribution in [2.45, 2.75) is 20.8 Å². The summed E-state index contributed by atoms with van der Waals surface area (Å²) in [6.45, 7) is 6.60. The molecule has 1 amide bonds. The van der Waals surface area contributed by atoms with Gasteiger partial charge in [-0.15, -0.1) is 0 Å². The summed E-state index contributed by atoms with van der Waals surface area (Å²) in [5.41, 5.74) is 5.08. The van der Waals surface area contributed by atoms with Crippen molar-refractivity contribution in [1.29, 1.82) is 0 Å². The largest absolute Gasteiger partial charge is 0.494 e. The van der Waals surface area contributed by atoms with Gasteiger partial charge in [0, 0.05) is 11.4 Å². The van der Waals surface area contributed by atoms with Crippen LogP contribution in [0.2, 0.25) is 0 Å². The summed E-state index contributed by atoms with van der Waals surface area (Å²) in [5, 5.41) is 6.15. The van der Waals surface area contributed by atoms with E-state index in [1.807, 2.05) is 63.2 Å². The molecule has 0 aliphatic rings. The minimum Gasteiger partial charge on any atom is -0.494 e. The third-order valence-electron chi connectivity index (χ3n) is 3.93. The van der Waals surface area contributed by atoms with E-state index in [0.29, 0.717) is 12.3 Å². The smallest absolute Gasteiger partial charge is 0.274 e. The highest BCUT2D eigenvalue weighted by molar-refractivity contribution is 6.03. The summed E-state index contributed by atoms with van der Waals surface area (Å²) in [4.78, 5) is 16.7. The lowest BCUT2D eigenvalue weighted by atomic mass is 10.1. The summed E-state index contributed by atoms with van der Waals surface area (Å²) >= 11 is 0. The molecular weight excluding hydrogens is 338 g/mol. The van der Waals surface area contributed by atoms with Crippen LogP contribution in [-0.2, 0) is 0 Å². The molecular formula is C22H23N3O2. The van der Waals surface area contributed by atoms with Crippen molar-refractivity contribution in [3.8, 4) is 5.75 Å². The number of aromatic nitrogens is 1. The van der Waals surface area contributed by atoms with Gasteiger partial charge in [0.15, 0.2) is 0 Å². The van der Waals surface area contributed by atoms with Gasteiger partial charge in [0.1, 0.15) is 11.4 Å². The zero-order chi connectivity index (χ0) is 19.2. The van der Waals surface area contributed by atoms with Gasteiger partial charge >= 0.3 is 0 Å². The number of pyridine rings is 1. The maximum Gasteiger partial charge on any atom is 0.274 e. The Kier molecular flexibility index (Phi) is 5.71. The van der Waals surface area contributed by atoms with E-state index in [1.54, 1.807) is 12.3 Å². The van der Waals surface area contributed by atoms with E-state index < -0.39 is 0 Å². The van der Waals surface area contributed by atoms with Crippen LogP contribution >= 0.6 is 0 Å². The molecule has 0 saturated carbocycles. The van der Waals surface area contributed by atoms with Crippen molar-refractivity contribution < 1.29 is 9.53 Å². The highest BCUT2D eigenvalue weighted by Gasteiger charge is 2.08. The molecule has 0 aliphatic heterocycles. The number of carbonyl (C=O) groups is 1. The number of benzene rings is 2. The average molecular weight is 361 g/mol. The molecule has 0 saturated heterocycles. The number of amides is 1. The van der Waals surface area contributed by atoms with Gasteiger partial charge in [-0.3, -0.25) is 4.79 Å². The standard InChI is InChI=1S/C22H23N3O2/c1-4-27-20-8-5-17(6-9-20)24-18-7-10-21(23-14-18)22(26)25-19-12-15(2)11-16(3)13-19/h5-14,24H,4H2,1-3H3,(H,25,26). The van der Waals surface area contributed by atoms with Gasteiger partial charge < -0.3 is 15.4 Å². The van der Waals surface area contributed by atoms with E-state index in [2.05, 4.69) is 21.7 Å². The number of anilines is 3. The van der Waals surface area contributed by atoms with Crippen LogP contribution in [0.5, 0.6) is 5.75 Å². The van der Waals surface area contributed by atoms with Crippen molar-refractivity contribution in [2.24, 2.45) is 0 Å². The molecule has 0 spiro atoms. The molecule has 3 rings (SSSR count). The predicted octanol–water partition coefficient (Wildman–Crippen LogP) is 5.09. The third kappa shape index (κ3) is 5.07. The molecule has 5 heteroatoms. The fraction of sp³-hybridized carbons (Fsp3) is 0.182. The Morgan fingerprint density at radius 3 is 2.19 bits per heavy atom. The number of hydrogen-bond donors (Lipinski definition) is 2. The number of ether oxygens (including phenoxy) is 1. The Labute approximate surface area is 159 Å². The molecule has 0 bridgehead atoms. The number of carbonyl (C=O) groups excluding carboxylic acids is 1. The van der Waals surface area contributed by atoms with E-state index in [0.717, 1.165) is 33.9 Å². The number of aryl methyl sites for hydroxylation is 2. The molecule has 2 N–H and O–H groups in total. The van der Waals surface area contributed by atoms with Gasteiger partial charge in [0.05, 0.1) is 18.5 Å².